The highest BCUT2D eigenvalue weighted by Crippen LogP contribution is 2.32. The van der Waals surface area contributed by atoms with Crippen LogP contribution in [0.3, 0.4) is 0 Å². The molecule has 0 saturated heterocycles. The van der Waals surface area contributed by atoms with Gasteiger partial charge in [0.25, 0.3) is 0 Å². The molecule has 0 aliphatic heterocycles. The number of nitrogens with zero attached hydrogens (tertiary/aromatic N) is 2. The van der Waals surface area contributed by atoms with Crippen LogP contribution in [0, 0.1) is 5.92 Å². The van der Waals surface area contributed by atoms with Crippen molar-refractivity contribution >= 4 is 0 Å². The number of benzene rings is 1. The van der Waals surface area contributed by atoms with Crippen LogP contribution in [-0.2, 0) is 6.42 Å². The number of hydrogen-bond acceptors (Lipinski definition) is 1. The highest BCUT2D eigenvalue weighted by molar-refractivity contribution is 5.15. The Balaban J connectivity index is 1.75. The van der Waals surface area contributed by atoms with Crippen molar-refractivity contribution in [1.29, 1.82) is 0 Å². The highest BCUT2D eigenvalue weighted by atomic mass is 15.1. The third-order valence-corrected chi connectivity index (χ3v) is 8.57. The summed E-state index contributed by atoms with van der Waals surface area (Å²) >= 11 is 0. The van der Waals surface area contributed by atoms with E-state index in [4.69, 9.17) is 0 Å². The Kier molecular flexibility index (Phi) is 20.0. The van der Waals surface area contributed by atoms with E-state index in [-0.39, 0.29) is 0 Å². The number of aromatic nitrogens is 2. The molecule has 0 amide bonds. The van der Waals surface area contributed by atoms with Crippen molar-refractivity contribution in [3.05, 3.63) is 54.6 Å². The first-order valence-corrected chi connectivity index (χ1v) is 16.9. The van der Waals surface area contributed by atoms with Gasteiger partial charge in [-0.25, -0.2) is 4.98 Å². The van der Waals surface area contributed by atoms with Crippen LogP contribution in [0.15, 0.2) is 49.1 Å². The van der Waals surface area contributed by atoms with Crippen molar-refractivity contribution in [2.24, 2.45) is 5.92 Å². The van der Waals surface area contributed by atoms with E-state index in [0.717, 1.165) is 0 Å². The number of unbranched alkanes of at least 4 members (excludes halogenated alkanes) is 18. The standard InChI is InChI=1S/C36H62N2/c1-3-5-7-9-11-12-13-14-15-16-18-19-24-28-35(32-34-26-22-21-23-27-34)36(38-31-30-37-33-38)29-25-20-17-10-8-6-4-2/h21-23,26-27,30-31,33,35-36H,3-20,24-25,28-29,32H2,1-2H3. The molecule has 0 spiro atoms. The van der Waals surface area contributed by atoms with Crippen LogP contribution in [0.25, 0.3) is 0 Å². The van der Waals surface area contributed by atoms with Gasteiger partial charge in [0.1, 0.15) is 0 Å². The van der Waals surface area contributed by atoms with E-state index in [0.29, 0.717) is 12.0 Å². The second kappa shape index (κ2) is 23.3. The lowest BCUT2D eigenvalue weighted by atomic mass is 9.84. The normalized spacial score (nSPS) is 13.1. The van der Waals surface area contributed by atoms with E-state index >= 15 is 0 Å². The van der Waals surface area contributed by atoms with Gasteiger partial charge in [-0.15, -0.1) is 0 Å². The smallest absolute Gasteiger partial charge is 0.0948 e. The molecule has 0 fully saturated rings. The van der Waals surface area contributed by atoms with Gasteiger partial charge in [-0.3, -0.25) is 0 Å². The predicted molar refractivity (Wildman–Crippen MR) is 168 cm³/mol. The third kappa shape index (κ3) is 15.7. The summed E-state index contributed by atoms with van der Waals surface area (Å²) in [7, 11) is 0. The molecule has 0 aliphatic carbocycles. The maximum atomic E-state index is 4.44. The quantitative estimate of drug-likeness (QED) is 0.112. The largest absolute Gasteiger partial charge is 0.334 e. The fourth-order valence-electron chi connectivity index (χ4n) is 6.18. The molecule has 0 bridgehead atoms. The van der Waals surface area contributed by atoms with E-state index in [2.05, 4.69) is 66.3 Å². The van der Waals surface area contributed by atoms with Gasteiger partial charge >= 0.3 is 0 Å². The fraction of sp³-hybridized carbons (Fsp3) is 0.750. The minimum atomic E-state index is 0.575. The number of rotatable bonds is 26. The summed E-state index contributed by atoms with van der Waals surface area (Å²) in [5.74, 6) is 0.694. The van der Waals surface area contributed by atoms with Gasteiger partial charge < -0.3 is 4.57 Å². The van der Waals surface area contributed by atoms with E-state index in [1.54, 1.807) is 0 Å². The first-order chi connectivity index (χ1) is 18.8. The molecular weight excluding hydrogens is 460 g/mol. The molecule has 2 rings (SSSR count). The SMILES string of the molecule is CCCCCCCCCCCCCCCC(Cc1ccccc1)C(CCCCCCCCC)n1ccnc1. The average Bonchev–Trinajstić information content (AvgIpc) is 3.48. The Labute approximate surface area is 237 Å². The molecule has 2 heteroatoms. The number of imidazole rings is 1. The molecule has 1 aromatic heterocycles. The summed E-state index contributed by atoms with van der Waals surface area (Å²) in [4.78, 5) is 4.44. The lowest BCUT2D eigenvalue weighted by Crippen LogP contribution is -2.21. The zero-order valence-electron chi connectivity index (χ0n) is 25.4. The van der Waals surface area contributed by atoms with Crippen molar-refractivity contribution in [1.82, 2.24) is 9.55 Å². The maximum Gasteiger partial charge on any atom is 0.0948 e. The van der Waals surface area contributed by atoms with Gasteiger partial charge in [0.15, 0.2) is 0 Å². The Morgan fingerprint density at radius 2 is 1.05 bits per heavy atom. The minimum absolute atomic E-state index is 0.575. The van der Waals surface area contributed by atoms with Crippen molar-refractivity contribution in [2.45, 2.75) is 168 Å². The maximum absolute atomic E-state index is 4.44. The van der Waals surface area contributed by atoms with Gasteiger partial charge in [0.05, 0.1) is 6.33 Å². The minimum Gasteiger partial charge on any atom is -0.334 e. The van der Waals surface area contributed by atoms with Gasteiger partial charge in [-0.1, -0.05) is 173 Å². The summed E-state index contributed by atoms with van der Waals surface area (Å²) in [5.41, 5.74) is 1.50. The van der Waals surface area contributed by atoms with Crippen molar-refractivity contribution in [3.8, 4) is 0 Å². The zero-order valence-corrected chi connectivity index (χ0v) is 25.4. The average molecular weight is 523 g/mol. The van der Waals surface area contributed by atoms with E-state index in [1.165, 1.54) is 153 Å². The Bertz CT molecular complexity index is 723. The van der Waals surface area contributed by atoms with Crippen LogP contribution < -0.4 is 0 Å². The molecule has 1 heterocycles. The summed E-state index contributed by atoms with van der Waals surface area (Å²) < 4.78 is 2.44. The molecule has 2 aromatic rings. The van der Waals surface area contributed by atoms with Gasteiger partial charge in [-0.2, -0.15) is 0 Å². The topological polar surface area (TPSA) is 17.8 Å². The third-order valence-electron chi connectivity index (χ3n) is 8.57. The molecule has 2 nitrogen and oxygen atoms in total. The van der Waals surface area contributed by atoms with Crippen molar-refractivity contribution in [2.75, 3.05) is 0 Å². The van der Waals surface area contributed by atoms with E-state index < -0.39 is 0 Å². The molecule has 216 valence electrons. The molecule has 0 N–H and O–H groups in total. The predicted octanol–water partition coefficient (Wildman–Crippen LogP) is 11.9. The molecule has 2 unspecified atom stereocenters. The Morgan fingerprint density at radius 1 is 0.579 bits per heavy atom. The van der Waals surface area contributed by atoms with Crippen LogP contribution in [-0.4, -0.2) is 9.55 Å². The second-order valence-corrected chi connectivity index (χ2v) is 12.0. The summed E-state index contributed by atoms with van der Waals surface area (Å²) in [6.07, 6.45) is 38.4. The molecule has 0 radical (unpaired) electrons. The second-order valence-electron chi connectivity index (χ2n) is 12.0. The van der Waals surface area contributed by atoms with Crippen LogP contribution in [0.2, 0.25) is 0 Å². The Morgan fingerprint density at radius 3 is 1.53 bits per heavy atom. The van der Waals surface area contributed by atoms with Gasteiger partial charge in [0, 0.05) is 18.4 Å². The lowest BCUT2D eigenvalue weighted by Gasteiger charge is -2.29. The highest BCUT2D eigenvalue weighted by Gasteiger charge is 2.23. The molecule has 38 heavy (non-hydrogen) atoms. The van der Waals surface area contributed by atoms with E-state index in [1.807, 2.05) is 6.20 Å². The van der Waals surface area contributed by atoms with Crippen LogP contribution >= 0.6 is 0 Å². The van der Waals surface area contributed by atoms with Crippen LogP contribution in [0.1, 0.15) is 167 Å². The summed E-state index contributed by atoms with van der Waals surface area (Å²) in [5, 5.41) is 0. The van der Waals surface area contributed by atoms with Crippen molar-refractivity contribution in [3.63, 3.8) is 0 Å². The summed E-state index contributed by atoms with van der Waals surface area (Å²) in [6.45, 7) is 4.61. The molecule has 1 aromatic carbocycles. The van der Waals surface area contributed by atoms with E-state index in [9.17, 15) is 0 Å². The fourth-order valence-corrected chi connectivity index (χ4v) is 6.18. The zero-order chi connectivity index (χ0) is 26.9. The first kappa shape index (κ1) is 32.6. The monoisotopic (exact) mass is 522 g/mol. The van der Waals surface area contributed by atoms with Crippen LogP contribution in [0.4, 0.5) is 0 Å². The molecule has 0 saturated carbocycles. The van der Waals surface area contributed by atoms with Crippen molar-refractivity contribution < 1.29 is 0 Å². The van der Waals surface area contributed by atoms with Crippen LogP contribution in [0.5, 0.6) is 0 Å². The number of hydrogen-bond donors (Lipinski definition) is 0. The molecular formula is C36H62N2. The first-order valence-electron chi connectivity index (χ1n) is 16.9. The lowest BCUT2D eigenvalue weighted by molar-refractivity contribution is 0.275. The molecule has 2 atom stereocenters. The molecule has 0 aliphatic rings. The summed E-state index contributed by atoms with van der Waals surface area (Å²) in [6, 6.07) is 11.8. The van der Waals surface area contributed by atoms with Gasteiger partial charge in [0.2, 0.25) is 0 Å². The Hall–Kier alpha value is -1.57. The van der Waals surface area contributed by atoms with Gasteiger partial charge in [-0.05, 0) is 30.7 Å².